The third-order valence-corrected chi connectivity index (χ3v) is 2.56. The third-order valence-electron chi connectivity index (χ3n) is 2.56. The second-order valence-corrected chi connectivity index (χ2v) is 4.13. The van der Waals surface area contributed by atoms with Crippen LogP contribution in [0.25, 0.3) is 0 Å². The molecular formula is C9H16O. The standard InChI is InChI=1S/C9H16O/c1-6-7-9(5,10-7)8(2,3)4/h6-7H,1H2,2-5H3. The van der Waals surface area contributed by atoms with Gasteiger partial charge in [-0.3, -0.25) is 0 Å². The van der Waals surface area contributed by atoms with Gasteiger partial charge in [0.15, 0.2) is 0 Å². The minimum absolute atomic E-state index is 0.0365. The monoisotopic (exact) mass is 140 g/mol. The van der Waals surface area contributed by atoms with Crippen LogP contribution < -0.4 is 0 Å². The summed E-state index contributed by atoms with van der Waals surface area (Å²) in [6.07, 6.45) is 2.15. The Morgan fingerprint density at radius 3 is 2.10 bits per heavy atom. The van der Waals surface area contributed by atoms with Gasteiger partial charge in [-0.2, -0.15) is 0 Å². The highest BCUT2D eigenvalue weighted by Crippen LogP contribution is 2.50. The summed E-state index contributed by atoms with van der Waals surface area (Å²) in [5.41, 5.74) is 0.264. The molecule has 1 heteroatoms. The van der Waals surface area contributed by atoms with Crippen LogP contribution in [0.1, 0.15) is 27.7 Å². The van der Waals surface area contributed by atoms with Crippen LogP contribution >= 0.6 is 0 Å². The molecular weight excluding hydrogens is 124 g/mol. The Morgan fingerprint density at radius 1 is 1.50 bits per heavy atom. The van der Waals surface area contributed by atoms with E-state index in [9.17, 15) is 0 Å². The average molecular weight is 140 g/mol. The summed E-state index contributed by atoms with van der Waals surface area (Å²) < 4.78 is 5.50. The highest BCUT2D eigenvalue weighted by atomic mass is 16.6. The number of ether oxygens (including phenoxy) is 1. The second-order valence-electron chi connectivity index (χ2n) is 4.13. The molecule has 0 aromatic rings. The second kappa shape index (κ2) is 1.85. The molecule has 1 fully saturated rings. The van der Waals surface area contributed by atoms with E-state index in [4.69, 9.17) is 4.74 Å². The third kappa shape index (κ3) is 0.891. The molecule has 1 aliphatic rings. The lowest BCUT2D eigenvalue weighted by molar-refractivity contribution is 0.173. The lowest BCUT2D eigenvalue weighted by atomic mass is 9.79. The molecule has 2 unspecified atom stereocenters. The van der Waals surface area contributed by atoms with Gasteiger partial charge >= 0.3 is 0 Å². The fourth-order valence-corrected chi connectivity index (χ4v) is 1.11. The minimum Gasteiger partial charge on any atom is -0.361 e. The van der Waals surface area contributed by atoms with E-state index >= 15 is 0 Å². The Bertz CT molecular complexity index is 155. The fraction of sp³-hybridized carbons (Fsp3) is 0.778. The van der Waals surface area contributed by atoms with Crippen LogP contribution in [0.3, 0.4) is 0 Å². The van der Waals surface area contributed by atoms with Crippen LogP contribution in [0.4, 0.5) is 0 Å². The summed E-state index contributed by atoms with van der Waals surface area (Å²) in [6.45, 7) is 12.4. The molecule has 0 aliphatic carbocycles. The molecule has 1 heterocycles. The predicted octanol–water partition coefficient (Wildman–Crippen LogP) is 2.38. The van der Waals surface area contributed by atoms with Gasteiger partial charge in [-0.1, -0.05) is 26.8 Å². The summed E-state index contributed by atoms with van der Waals surface area (Å²) in [7, 11) is 0. The van der Waals surface area contributed by atoms with E-state index in [-0.39, 0.29) is 17.1 Å². The van der Waals surface area contributed by atoms with E-state index in [1.807, 2.05) is 6.08 Å². The SMILES string of the molecule is C=CC1OC1(C)C(C)(C)C. The van der Waals surface area contributed by atoms with Crippen molar-refractivity contribution >= 4 is 0 Å². The van der Waals surface area contributed by atoms with Crippen molar-refractivity contribution in [1.29, 1.82) is 0 Å². The van der Waals surface area contributed by atoms with Crippen molar-refractivity contribution in [3.63, 3.8) is 0 Å². The van der Waals surface area contributed by atoms with Crippen molar-refractivity contribution in [2.45, 2.75) is 39.4 Å². The van der Waals surface area contributed by atoms with E-state index in [1.165, 1.54) is 0 Å². The molecule has 10 heavy (non-hydrogen) atoms. The smallest absolute Gasteiger partial charge is 0.105 e. The zero-order chi connectivity index (χ0) is 7.99. The molecule has 1 saturated heterocycles. The topological polar surface area (TPSA) is 12.5 Å². The molecule has 0 bridgehead atoms. The van der Waals surface area contributed by atoms with Gasteiger partial charge in [-0.05, 0) is 12.3 Å². The quantitative estimate of drug-likeness (QED) is 0.402. The van der Waals surface area contributed by atoms with Gasteiger partial charge in [-0.15, -0.1) is 6.58 Å². The van der Waals surface area contributed by atoms with E-state index in [1.54, 1.807) is 0 Å². The first-order chi connectivity index (χ1) is 4.42. The summed E-state index contributed by atoms with van der Waals surface area (Å²) in [4.78, 5) is 0. The van der Waals surface area contributed by atoms with Gasteiger partial charge in [-0.25, -0.2) is 0 Å². The highest BCUT2D eigenvalue weighted by Gasteiger charge is 2.57. The largest absolute Gasteiger partial charge is 0.361 e. The summed E-state index contributed by atoms with van der Waals surface area (Å²) in [5, 5.41) is 0. The molecule has 0 spiro atoms. The number of rotatable bonds is 1. The van der Waals surface area contributed by atoms with E-state index < -0.39 is 0 Å². The van der Waals surface area contributed by atoms with Crippen molar-refractivity contribution in [3.8, 4) is 0 Å². The lowest BCUT2D eigenvalue weighted by Gasteiger charge is -2.23. The number of epoxide rings is 1. The van der Waals surface area contributed by atoms with Crippen LogP contribution in [0.5, 0.6) is 0 Å². The number of hydrogen-bond acceptors (Lipinski definition) is 1. The molecule has 0 amide bonds. The van der Waals surface area contributed by atoms with Gasteiger partial charge in [0.05, 0.1) is 0 Å². The van der Waals surface area contributed by atoms with E-state index in [0.717, 1.165) is 0 Å². The van der Waals surface area contributed by atoms with E-state index in [2.05, 4.69) is 34.3 Å². The molecule has 58 valence electrons. The fourth-order valence-electron chi connectivity index (χ4n) is 1.11. The Kier molecular flexibility index (Phi) is 1.44. The predicted molar refractivity (Wildman–Crippen MR) is 42.9 cm³/mol. The normalized spacial score (nSPS) is 39.4. The van der Waals surface area contributed by atoms with E-state index in [0.29, 0.717) is 0 Å². The van der Waals surface area contributed by atoms with Crippen molar-refractivity contribution in [1.82, 2.24) is 0 Å². The van der Waals surface area contributed by atoms with Gasteiger partial charge in [0, 0.05) is 0 Å². The molecule has 0 N–H and O–H groups in total. The molecule has 1 nitrogen and oxygen atoms in total. The van der Waals surface area contributed by atoms with Crippen molar-refractivity contribution in [3.05, 3.63) is 12.7 Å². The first kappa shape index (κ1) is 7.80. The molecule has 0 radical (unpaired) electrons. The minimum atomic E-state index is 0.0365. The van der Waals surface area contributed by atoms with Crippen LogP contribution in [-0.2, 0) is 4.74 Å². The van der Waals surface area contributed by atoms with Crippen LogP contribution in [-0.4, -0.2) is 11.7 Å². The Morgan fingerprint density at radius 2 is 2.00 bits per heavy atom. The Hall–Kier alpha value is -0.300. The summed E-state index contributed by atoms with van der Waals surface area (Å²) >= 11 is 0. The van der Waals surface area contributed by atoms with Crippen molar-refractivity contribution in [2.75, 3.05) is 0 Å². The van der Waals surface area contributed by atoms with Crippen molar-refractivity contribution < 1.29 is 4.74 Å². The maximum atomic E-state index is 5.50. The average Bonchev–Trinajstić information content (AvgIpc) is 2.41. The summed E-state index contributed by atoms with van der Waals surface area (Å²) in [6, 6.07) is 0. The first-order valence-electron chi connectivity index (χ1n) is 3.72. The molecule has 0 aromatic carbocycles. The molecule has 1 aliphatic heterocycles. The maximum absolute atomic E-state index is 5.50. The van der Waals surface area contributed by atoms with Crippen molar-refractivity contribution in [2.24, 2.45) is 5.41 Å². The molecule has 1 rings (SSSR count). The van der Waals surface area contributed by atoms with Crippen LogP contribution in [0.2, 0.25) is 0 Å². The van der Waals surface area contributed by atoms with Crippen LogP contribution in [0, 0.1) is 5.41 Å². The zero-order valence-electron chi connectivity index (χ0n) is 7.27. The zero-order valence-corrected chi connectivity index (χ0v) is 7.27. The van der Waals surface area contributed by atoms with Crippen LogP contribution in [0.15, 0.2) is 12.7 Å². The molecule has 0 aromatic heterocycles. The van der Waals surface area contributed by atoms with Gasteiger partial charge in [0.25, 0.3) is 0 Å². The van der Waals surface area contributed by atoms with Gasteiger partial charge in [0.1, 0.15) is 11.7 Å². The van der Waals surface area contributed by atoms with Gasteiger partial charge in [0.2, 0.25) is 0 Å². The number of hydrogen-bond donors (Lipinski definition) is 0. The molecule has 2 atom stereocenters. The van der Waals surface area contributed by atoms with Gasteiger partial charge < -0.3 is 4.74 Å². The Balaban J connectivity index is 2.67. The highest BCUT2D eigenvalue weighted by molar-refractivity contribution is 5.13. The lowest BCUT2D eigenvalue weighted by Crippen LogP contribution is -2.28. The first-order valence-corrected chi connectivity index (χ1v) is 3.72. The Labute approximate surface area is 63.1 Å². The molecule has 0 saturated carbocycles. The summed E-state index contributed by atoms with van der Waals surface area (Å²) in [5.74, 6) is 0. The maximum Gasteiger partial charge on any atom is 0.105 e.